The van der Waals surface area contributed by atoms with Gasteiger partial charge in [-0.25, -0.2) is 4.98 Å². The van der Waals surface area contributed by atoms with Crippen LogP contribution in [-0.4, -0.2) is 20.5 Å². The molecule has 100 valence electrons. The largest absolute Gasteiger partial charge is 0.323 e. The van der Waals surface area contributed by atoms with Gasteiger partial charge in [-0.15, -0.1) is 0 Å². The molecule has 6 heteroatoms. The molecule has 2 aromatic heterocycles. The number of carbonyl (C=O) groups excluding carboxylic acids is 1. The van der Waals surface area contributed by atoms with Crippen molar-refractivity contribution in [2.24, 2.45) is 7.05 Å². The first-order valence-corrected chi connectivity index (χ1v) is 6.35. The molecule has 0 unspecified atom stereocenters. The van der Waals surface area contributed by atoms with Crippen molar-refractivity contribution in [3.8, 4) is 0 Å². The van der Waals surface area contributed by atoms with E-state index in [4.69, 9.17) is 11.6 Å². The van der Waals surface area contributed by atoms with Crippen LogP contribution in [0.25, 0.3) is 0 Å². The molecule has 0 aliphatic heterocycles. The Morgan fingerprint density at radius 3 is 2.68 bits per heavy atom. The summed E-state index contributed by atoms with van der Waals surface area (Å²) in [7, 11) is 1.87. The molecule has 5 nitrogen and oxygen atoms in total. The zero-order valence-electron chi connectivity index (χ0n) is 11.1. The molecule has 2 aromatic rings. The Labute approximate surface area is 116 Å². The molecule has 0 bridgehead atoms. The lowest BCUT2D eigenvalue weighted by Gasteiger charge is -2.05. The molecule has 0 fully saturated rings. The highest BCUT2D eigenvalue weighted by Gasteiger charge is 2.10. The third kappa shape index (κ3) is 2.93. The quantitative estimate of drug-likeness (QED) is 0.873. The van der Waals surface area contributed by atoms with E-state index in [2.05, 4.69) is 15.4 Å². The molecule has 2 rings (SSSR count). The average Bonchev–Trinajstić information content (AvgIpc) is 2.67. The highest BCUT2D eigenvalue weighted by atomic mass is 35.5. The number of rotatable bonds is 4. The fourth-order valence-electron chi connectivity index (χ4n) is 1.65. The van der Waals surface area contributed by atoms with Crippen LogP contribution in [0.4, 0.5) is 11.6 Å². The maximum Gasteiger partial charge on any atom is 0.165 e. The number of hydrogen-bond donors (Lipinski definition) is 1. The van der Waals surface area contributed by atoms with E-state index in [1.165, 1.54) is 6.20 Å². The van der Waals surface area contributed by atoms with Crippen LogP contribution in [0.5, 0.6) is 0 Å². The molecule has 0 atom stereocenters. The molecule has 1 N–H and O–H groups in total. The van der Waals surface area contributed by atoms with Crippen LogP contribution in [0, 0.1) is 6.92 Å². The second kappa shape index (κ2) is 5.40. The number of hydrogen-bond acceptors (Lipinski definition) is 4. The highest BCUT2D eigenvalue weighted by molar-refractivity contribution is 6.34. The molecule has 0 spiro atoms. The summed E-state index contributed by atoms with van der Waals surface area (Å²) in [6, 6.07) is 3.54. The van der Waals surface area contributed by atoms with E-state index in [1.807, 2.05) is 20.0 Å². The van der Waals surface area contributed by atoms with E-state index in [0.29, 0.717) is 28.6 Å². The van der Waals surface area contributed by atoms with Crippen LogP contribution in [0.2, 0.25) is 5.02 Å². The van der Waals surface area contributed by atoms with E-state index < -0.39 is 0 Å². The summed E-state index contributed by atoms with van der Waals surface area (Å²) in [6.45, 7) is 3.75. The number of halogens is 1. The van der Waals surface area contributed by atoms with Crippen molar-refractivity contribution in [3.05, 3.63) is 34.6 Å². The average molecular weight is 279 g/mol. The van der Waals surface area contributed by atoms with E-state index in [-0.39, 0.29) is 5.78 Å². The SMILES string of the molecule is CCC(=O)c1cnc(Nc2cc(C)n(C)n2)cc1Cl. The van der Waals surface area contributed by atoms with Crippen LogP contribution in [-0.2, 0) is 7.05 Å². The van der Waals surface area contributed by atoms with Crippen LogP contribution >= 0.6 is 11.6 Å². The summed E-state index contributed by atoms with van der Waals surface area (Å²) in [5.74, 6) is 1.24. The molecule has 2 heterocycles. The van der Waals surface area contributed by atoms with Gasteiger partial charge in [-0.3, -0.25) is 9.48 Å². The van der Waals surface area contributed by atoms with Crippen molar-refractivity contribution >= 4 is 29.0 Å². The Hall–Kier alpha value is -1.88. The number of nitrogens with one attached hydrogen (secondary N) is 1. The molecule has 0 radical (unpaired) electrons. The highest BCUT2D eigenvalue weighted by Crippen LogP contribution is 2.22. The minimum Gasteiger partial charge on any atom is -0.323 e. The minimum atomic E-state index is -0.0160. The van der Waals surface area contributed by atoms with E-state index in [9.17, 15) is 4.79 Å². The summed E-state index contributed by atoms with van der Waals surface area (Å²) in [5, 5.41) is 7.72. The van der Waals surface area contributed by atoms with Crippen molar-refractivity contribution in [1.29, 1.82) is 0 Å². The number of nitrogens with zero attached hydrogens (tertiary/aromatic N) is 3. The van der Waals surface area contributed by atoms with Gasteiger partial charge in [-0.05, 0) is 6.92 Å². The van der Waals surface area contributed by atoms with Crippen molar-refractivity contribution < 1.29 is 4.79 Å². The molecule has 0 amide bonds. The summed E-state index contributed by atoms with van der Waals surface area (Å²) >= 11 is 6.08. The predicted molar refractivity (Wildman–Crippen MR) is 75.1 cm³/mol. The standard InChI is InChI=1S/C13H15ClN4O/c1-4-11(19)9-7-15-12(6-10(9)14)16-13-5-8(2)18(3)17-13/h5-7H,4H2,1-3H3,(H,15,16,17). The second-order valence-corrected chi connectivity index (χ2v) is 4.65. The zero-order valence-corrected chi connectivity index (χ0v) is 11.8. The van der Waals surface area contributed by atoms with Gasteiger partial charge in [0.2, 0.25) is 0 Å². The van der Waals surface area contributed by atoms with Gasteiger partial charge in [-0.2, -0.15) is 5.10 Å². The number of pyridine rings is 1. The van der Waals surface area contributed by atoms with Crippen LogP contribution in [0.1, 0.15) is 29.4 Å². The number of Topliss-reactive ketones (excluding diaryl/α,β-unsaturated/α-hetero) is 1. The molecule has 0 saturated heterocycles. The summed E-state index contributed by atoms with van der Waals surface area (Å²) in [4.78, 5) is 15.8. The zero-order chi connectivity index (χ0) is 14.0. The monoisotopic (exact) mass is 278 g/mol. The number of anilines is 2. The molecule has 0 aromatic carbocycles. The van der Waals surface area contributed by atoms with Gasteiger partial charge in [0.1, 0.15) is 5.82 Å². The normalized spacial score (nSPS) is 10.5. The lowest BCUT2D eigenvalue weighted by Crippen LogP contribution is -2.01. The third-order valence-corrected chi connectivity index (χ3v) is 3.16. The molecule has 19 heavy (non-hydrogen) atoms. The molecule has 0 aliphatic carbocycles. The summed E-state index contributed by atoms with van der Waals surface area (Å²) in [5.41, 5.74) is 1.48. The topological polar surface area (TPSA) is 59.8 Å². The molecule has 0 saturated carbocycles. The third-order valence-electron chi connectivity index (χ3n) is 2.84. The first kappa shape index (κ1) is 13.5. The van der Waals surface area contributed by atoms with Crippen LogP contribution in [0.15, 0.2) is 18.3 Å². The van der Waals surface area contributed by atoms with Crippen LogP contribution in [0.3, 0.4) is 0 Å². The number of ketones is 1. The fraction of sp³-hybridized carbons (Fsp3) is 0.308. The van der Waals surface area contributed by atoms with E-state index >= 15 is 0 Å². The van der Waals surface area contributed by atoms with Gasteiger partial charge in [0.05, 0.1) is 10.6 Å². The maximum absolute atomic E-state index is 11.6. The van der Waals surface area contributed by atoms with Crippen molar-refractivity contribution in [2.45, 2.75) is 20.3 Å². The lowest BCUT2D eigenvalue weighted by atomic mass is 10.1. The lowest BCUT2D eigenvalue weighted by molar-refractivity contribution is 0.0988. The Bertz CT molecular complexity index is 602. The predicted octanol–water partition coefficient (Wildman–Crippen LogP) is 3.11. The van der Waals surface area contributed by atoms with Gasteiger partial charge in [0, 0.05) is 37.5 Å². The minimum absolute atomic E-state index is 0.0160. The Morgan fingerprint density at radius 2 is 2.16 bits per heavy atom. The number of aryl methyl sites for hydroxylation is 2. The van der Waals surface area contributed by atoms with Crippen molar-refractivity contribution in [3.63, 3.8) is 0 Å². The molecular weight excluding hydrogens is 264 g/mol. The van der Waals surface area contributed by atoms with Crippen molar-refractivity contribution in [1.82, 2.24) is 14.8 Å². The number of carbonyl (C=O) groups is 1. The first-order chi connectivity index (χ1) is 9.01. The van der Waals surface area contributed by atoms with E-state index in [1.54, 1.807) is 17.7 Å². The van der Waals surface area contributed by atoms with Gasteiger partial charge in [0.25, 0.3) is 0 Å². The van der Waals surface area contributed by atoms with Gasteiger partial charge < -0.3 is 5.32 Å². The summed E-state index contributed by atoms with van der Waals surface area (Å²) in [6.07, 6.45) is 1.90. The Balaban J connectivity index is 2.23. The first-order valence-electron chi connectivity index (χ1n) is 5.97. The number of aromatic nitrogens is 3. The molecular formula is C13H15ClN4O. The Kier molecular flexibility index (Phi) is 3.85. The van der Waals surface area contributed by atoms with E-state index in [0.717, 1.165) is 5.69 Å². The smallest absolute Gasteiger partial charge is 0.165 e. The fourth-order valence-corrected chi connectivity index (χ4v) is 1.91. The van der Waals surface area contributed by atoms with Gasteiger partial charge >= 0.3 is 0 Å². The maximum atomic E-state index is 11.6. The van der Waals surface area contributed by atoms with Crippen molar-refractivity contribution in [2.75, 3.05) is 5.32 Å². The summed E-state index contributed by atoms with van der Waals surface area (Å²) < 4.78 is 1.76. The molecule has 0 aliphatic rings. The Morgan fingerprint density at radius 1 is 1.42 bits per heavy atom. The second-order valence-electron chi connectivity index (χ2n) is 4.25. The van der Waals surface area contributed by atoms with Gasteiger partial charge in [-0.1, -0.05) is 18.5 Å². The van der Waals surface area contributed by atoms with Gasteiger partial charge in [0.15, 0.2) is 11.6 Å². The van der Waals surface area contributed by atoms with Crippen LogP contribution < -0.4 is 5.32 Å².